The molecular weight excluding hydrogens is 188 g/mol. The molecule has 4 nitrogen and oxygen atoms in total. The zero-order chi connectivity index (χ0) is 9.26. The normalized spacial score (nSPS) is 21.5. The average Bonchev–Trinajstić information content (AvgIpc) is 2.47. The molecule has 0 amide bonds. The van der Waals surface area contributed by atoms with E-state index in [4.69, 9.17) is 17.3 Å². The van der Waals surface area contributed by atoms with E-state index >= 15 is 0 Å². The van der Waals surface area contributed by atoms with E-state index in [0.717, 1.165) is 31.6 Å². The third-order valence-electron chi connectivity index (χ3n) is 2.48. The van der Waals surface area contributed by atoms with Crippen LogP contribution in [-0.2, 0) is 6.54 Å². The minimum Gasteiger partial charge on any atom is -0.330 e. The van der Waals surface area contributed by atoms with Gasteiger partial charge in [-0.25, -0.2) is 9.67 Å². The second-order valence-electron chi connectivity index (χ2n) is 3.38. The Morgan fingerprint density at radius 2 is 2.46 bits per heavy atom. The molecule has 0 radical (unpaired) electrons. The molecule has 0 saturated carbocycles. The van der Waals surface area contributed by atoms with E-state index in [-0.39, 0.29) is 0 Å². The van der Waals surface area contributed by atoms with Crippen LogP contribution >= 0.6 is 11.6 Å². The van der Waals surface area contributed by atoms with Gasteiger partial charge in [0.1, 0.15) is 5.82 Å². The highest BCUT2D eigenvalue weighted by Gasteiger charge is 2.22. The van der Waals surface area contributed by atoms with Crippen LogP contribution in [0, 0.1) is 0 Å². The van der Waals surface area contributed by atoms with Crippen LogP contribution < -0.4 is 5.73 Å². The van der Waals surface area contributed by atoms with Gasteiger partial charge in [0.2, 0.25) is 5.28 Å². The van der Waals surface area contributed by atoms with Crippen LogP contribution in [-0.4, -0.2) is 21.3 Å². The summed E-state index contributed by atoms with van der Waals surface area (Å²) in [5.74, 6) is 1.47. The lowest BCUT2D eigenvalue weighted by molar-refractivity contribution is 0.403. The highest BCUT2D eigenvalue weighted by Crippen LogP contribution is 2.28. The lowest BCUT2D eigenvalue weighted by atomic mass is 9.96. The Labute approximate surface area is 82.1 Å². The number of hydrogen-bond donors (Lipinski definition) is 1. The molecule has 1 unspecified atom stereocenters. The second-order valence-corrected chi connectivity index (χ2v) is 3.72. The molecule has 0 spiro atoms. The standard InChI is InChI=1S/C8H13ClN4/c9-8-11-7-6(3-4-10)2-1-5-13(7)12-8/h6H,1-5,10H2. The summed E-state index contributed by atoms with van der Waals surface area (Å²) in [7, 11) is 0. The number of halogens is 1. The predicted molar refractivity (Wildman–Crippen MR) is 50.7 cm³/mol. The zero-order valence-corrected chi connectivity index (χ0v) is 8.17. The summed E-state index contributed by atoms with van der Waals surface area (Å²) in [5.41, 5.74) is 5.53. The van der Waals surface area contributed by atoms with E-state index in [2.05, 4.69) is 10.1 Å². The fourth-order valence-corrected chi connectivity index (χ4v) is 2.06. The largest absolute Gasteiger partial charge is 0.330 e. The topological polar surface area (TPSA) is 56.7 Å². The first-order valence-electron chi connectivity index (χ1n) is 4.61. The number of rotatable bonds is 2. The first kappa shape index (κ1) is 8.97. The van der Waals surface area contributed by atoms with E-state index in [0.29, 0.717) is 17.7 Å². The van der Waals surface area contributed by atoms with Gasteiger partial charge in [-0.1, -0.05) is 0 Å². The van der Waals surface area contributed by atoms with Crippen molar-refractivity contribution in [2.75, 3.05) is 6.54 Å². The molecule has 2 N–H and O–H groups in total. The Balaban J connectivity index is 2.25. The van der Waals surface area contributed by atoms with Gasteiger partial charge in [-0.3, -0.25) is 0 Å². The van der Waals surface area contributed by atoms with Crippen molar-refractivity contribution in [3.63, 3.8) is 0 Å². The van der Waals surface area contributed by atoms with Crippen molar-refractivity contribution in [3.05, 3.63) is 11.1 Å². The Bertz CT molecular complexity index is 296. The van der Waals surface area contributed by atoms with Crippen LogP contribution in [0.4, 0.5) is 0 Å². The van der Waals surface area contributed by atoms with Gasteiger partial charge in [0.25, 0.3) is 0 Å². The number of nitrogens with zero attached hydrogens (tertiary/aromatic N) is 3. The molecule has 1 atom stereocenters. The van der Waals surface area contributed by atoms with Gasteiger partial charge in [-0.05, 0) is 37.4 Å². The summed E-state index contributed by atoms with van der Waals surface area (Å²) >= 11 is 5.74. The molecule has 0 saturated heterocycles. The Hall–Kier alpha value is -0.610. The summed E-state index contributed by atoms with van der Waals surface area (Å²) in [5, 5.41) is 4.47. The van der Waals surface area contributed by atoms with Gasteiger partial charge in [-0.2, -0.15) is 0 Å². The van der Waals surface area contributed by atoms with Gasteiger partial charge in [0.15, 0.2) is 0 Å². The molecule has 72 valence electrons. The lowest BCUT2D eigenvalue weighted by Gasteiger charge is -2.20. The summed E-state index contributed by atoms with van der Waals surface area (Å²) in [4.78, 5) is 4.21. The van der Waals surface area contributed by atoms with Crippen LogP contribution in [0.5, 0.6) is 0 Å². The number of fused-ring (bicyclic) bond motifs is 1. The minimum atomic E-state index is 0.360. The molecule has 0 bridgehead atoms. The molecule has 1 aliphatic heterocycles. The smallest absolute Gasteiger partial charge is 0.242 e. The Kier molecular flexibility index (Phi) is 2.51. The number of aromatic nitrogens is 3. The molecule has 2 heterocycles. The fraction of sp³-hybridized carbons (Fsp3) is 0.750. The third-order valence-corrected chi connectivity index (χ3v) is 2.64. The van der Waals surface area contributed by atoms with E-state index < -0.39 is 0 Å². The van der Waals surface area contributed by atoms with Gasteiger partial charge >= 0.3 is 0 Å². The fourth-order valence-electron chi connectivity index (χ4n) is 1.88. The molecule has 0 aromatic carbocycles. The van der Waals surface area contributed by atoms with Crippen molar-refractivity contribution in [2.24, 2.45) is 5.73 Å². The Morgan fingerprint density at radius 1 is 1.62 bits per heavy atom. The number of nitrogens with two attached hydrogens (primary N) is 1. The summed E-state index contributed by atoms with van der Waals surface area (Å²) < 4.78 is 1.91. The summed E-state index contributed by atoms with van der Waals surface area (Å²) in [6.45, 7) is 1.64. The first-order valence-corrected chi connectivity index (χ1v) is 4.99. The second kappa shape index (κ2) is 3.64. The van der Waals surface area contributed by atoms with Crippen LogP contribution in [0.1, 0.15) is 31.0 Å². The predicted octanol–water partition coefficient (Wildman–Crippen LogP) is 1.16. The van der Waals surface area contributed by atoms with Crippen molar-refractivity contribution in [1.29, 1.82) is 0 Å². The number of aryl methyl sites for hydroxylation is 1. The molecule has 5 heteroatoms. The zero-order valence-electron chi connectivity index (χ0n) is 7.41. The van der Waals surface area contributed by atoms with Gasteiger partial charge < -0.3 is 5.73 Å². The molecule has 13 heavy (non-hydrogen) atoms. The van der Waals surface area contributed by atoms with Crippen LogP contribution in [0.2, 0.25) is 5.28 Å². The maximum Gasteiger partial charge on any atom is 0.242 e. The molecule has 0 fully saturated rings. The monoisotopic (exact) mass is 200 g/mol. The highest BCUT2D eigenvalue weighted by molar-refractivity contribution is 6.28. The Morgan fingerprint density at radius 3 is 3.23 bits per heavy atom. The molecule has 1 aromatic heterocycles. The van der Waals surface area contributed by atoms with E-state index in [1.165, 1.54) is 0 Å². The maximum atomic E-state index is 5.74. The molecular formula is C8H13ClN4. The third kappa shape index (κ3) is 1.69. The van der Waals surface area contributed by atoms with E-state index in [9.17, 15) is 0 Å². The van der Waals surface area contributed by atoms with Crippen molar-refractivity contribution in [3.8, 4) is 0 Å². The molecule has 0 aliphatic carbocycles. The SMILES string of the molecule is NCCC1CCCn2nc(Cl)nc21. The van der Waals surface area contributed by atoms with Gasteiger partial charge in [0.05, 0.1) is 0 Å². The van der Waals surface area contributed by atoms with Crippen LogP contribution in [0.3, 0.4) is 0 Å². The van der Waals surface area contributed by atoms with Gasteiger partial charge in [-0.15, -0.1) is 5.10 Å². The maximum absolute atomic E-state index is 5.74. The van der Waals surface area contributed by atoms with Crippen LogP contribution in [0.15, 0.2) is 0 Å². The quantitative estimate of drug-likeness (QED) is 0.780. The van der Waals surface area contributed by atoms with Gasteiger partial charge in [0, 0.05) is 12.5 Å². The van der Waals surface area contributed by atoms with E-state index in [1.54, 1.807) is 0 Å². The first-order chi connectivity index (χ1) is 6.31. The van der Waals surface area contributed by atoms with Crippen molar-refractivity contribution < 1.29 is 0 Å². The highest BCUT2D eigenvalue weighted by atomic mass is 35.5. The summed E-state index contributed by atoms with van der Waals surface area (Å²) in [6, 6.07) is 0. The minimum absolute atomic E-state index is 0.360. The van der Waals surface area contributed by atoms with Crippen molar-refractivity contribution in [1.82, 2.24) is 14.8 Å². The lowest BCUT2D eigenvalue weighted by Crippen LogP contribution is -2.19. The summed E-state index contributed by atoms with van der Waals surface area (Å²) in [6.07, 6.45) is 3.29. The van der Waals surface area contributed by atoms with Crippen LogP contribution in [0.25, 0.3) is 0 Å². The average molecular weight is 201 g/mol. The van der Waals surface area contributed by atoms with Crippen molar-refractivity contribution >= 4 is 11.6 Å². The molecule has 2 rings (SSSR count). The molecule has 1 aromatic rings. The number of hydrogen-bond acceptors (Lipinski definition) is 3. The van der Waals surface area contributed by atoms with E-state index in [1.807, 2.05) is 4.68 Å². The van der Waals surface area contributed by atoms with Crippen molar-refractivity contribution in [2.45, 2.75) is 31.7 Å². The molecule has 1 aliphatic rings.